The number of rotatable bonds is 9. The summed E-state index contributed by atoms with van der Waals surface area (Å²) in [6.45, 7) is 1.76. The molecule has 0 aliphatic rings. The first-order chi connectivity index (χ1) is 18.3. The van der Waals surface area contributed by atoms with Crippen molar-refractivity contribution in [3.63, 3.8) is 0 Å². The van der Waals surface area contributed by atoms with Crippen LogP contribution in [0.25, 0.3) is 10.9 Å². The Kier molecular flexibility index (Phi) is 8.12. The van der Waals surface area contributed by atoms with Crippen molar-refractivity contribution in [1.29, 1.82) is 0 Å². The van der Waals surface area contributed by atoms with Crippen LogP contribution in [0, 0.1) is 5.82 Å². The Labute approximate surface area is 218 Å². The van der Waals surface area contributed by atoms with Crippen molar-refractivity contribution in [3.8, 4) is 0 Å². The number of hydrogen-bond donors (Lipinski definition) is 3. The number of carbonyl (C=O) groups is 2. The van der Waals surface area contributed by atoms with Gasteiger partial charge in [0.15, 0.2) is 0 Å². The zero-order valence-electron chi connectivity index (χ0n) is 20.2. The van der Waals surface area contributed by atoms with Gasteiger partial charge in [-0.2, -0.15) is 0 Å². The number of hydrogen-bond acceptors (Lipinski definition) is 7. The number of halogens is 1. The van der Waals surface area contributed by atoms with Crippen molar-refractivity contribution in [1.82, 2.24) is 15.3 Å². The molecule has 2 heterocycles. The fourth-order valence-electron chi connectivity index (χ4n) is 3.53. The molecule has 0 bridgehead atoms. The van der Waals surface area contributed by atoms with E-state index in [0.29, 0.717) is 17.6 Å². The molecule has 196 valence electrons. The number of carbonyl (C=O) groups excluding carboxylic acids is 2. The first kappa shape index (κ1) is 26.5. The molecule has 0 fully saturated rings. The molecule has 12 heteroatoms. The first-order valence-electron chi connectivity index (χ1n) is 11.6. The van der Waals surface area contributed by atoms with Crippen molar-refractivity contribution < 1.29 is 27.1 Å². The van der Waals surface area contributed by atoms with Gasteiger partial charge in [0.2, 0.25) is 0 Å². The molecule has 0 aliphatic carbocycles. The quantitative estimate of drug-likeness (QED) is 0.289. The van der Waals surface area contributed by atoms with Gasteiger partial charge in [-0.05, 0) is 48.9 Å². The van der Waals surface area contributed by atoms with Gasteiger partial charge in [-0.3, -0.25) is 19.8 Å². The predicted octanol–water partition coefficient (Wildman–Crippen LogP) is 4.33. The maximum Gasteiger partial charge on any atom is 0.413 e. The lowest BCUT2D eigenvalue weighted by Gasteiger charge is -2.17. The van der Waals surface area contributed by atoms with Gasteiger partial charge in [0.25, 0.3) is 15.9 Å². The molecule has 2 aromatic carbocycles. The predicted molar refractivity (Wildman–Crippen MR) is 140 cm³/mol. The molecule has 1 unspecified atom stereocenters. The number of pyridine rings is 2. The lowest BCUT2D eigenvalue weighted by atomic mass is 10.2. The van der Waals surface area contributed by atoms with Crippen molar-refractivity contribution in [2.75, 3.05) is 16.6 Å². The molecular formula is C26H24FN5O5S. The van der Waals surface area contributed by atoms with E-state index in [1.54, 1.807) is 49.4 Å². The number of aromatic nitrogens is 2. The van der Waals surface area contributed by atoms with E-state index in [4.69, 9.17) is 4.74 Å². The summed E-state index contributed by atoms with van der Waals surface area (Å²) in [4.78, 5) is 32.6. The lowest BCUT2D eigenvalue weighted by Crippen LogP contribution is -2.35. The highest BCUT2D eigenvalue weighted by Gasteiger charge is 2.21. The fourth-order valence-corrected chi connectivity index (χ4v) is 4.78. The monoisotopic (exact) mass is 537 g/mol. The standard InChI is InChI=1S/C26H24FN5O5S/c1-2-19(37-26(34)31-23-10-3-4-13-28-23)16-30-25(33)18-11-12-21(20(27)15-18)32-38(35,36)22-9-5-7-17-8-6-14-29-24(17)22/h3-15,19,32H,2,16H2,1H3,(H,30,33)(H,28,31,34). The van der Waals surface area contributed by atoms with Crippen molar-refractivity contribution in [3.05, 3.63) is 90.5 Å². The van der Waals surface area contributed by atoms with E-state index in [2.05, 4.69) is 25.3 Å². The van der Waals surface area contributed by atoms with Crippen molar-refractivity contribution in [2.45, 2.75) is 24.3 Å². The molecule has 4 aromatic rings. The minimum atomic E-state index is -4.17. The van der Waals surface area contributed by atoms with Gasteiger partial charge in [0.05, 0.1) is 17.7 Å². The van der Waals surface area contributed by atoms with E-state index in [1.165, 1.54) is 24.5 Å². The second kappa shape index (κ2) is 11.6. The summed E-state index contributed by atoms with van der Waals surface area (Å²) in [5.74, 6) is -1.24. The zero-order valence-corrected chi connectivity index (χ0v) is 21.0. The van der Waals surface area contributed by atoms with Crippen molar-refractivity contribution >= 4 is 44.4 Å². The first-order valence-corrected chi connectivity index (χ1v) is 13.1. The van der Waals surface area contributed by atoms with E-state index < -0.39 is 33.9 Å². The van der Waals surface area contributed by atoms with Gasteiger partial charge in [0, 0.05) is 23.3 Å². The molecule has 4 rings (SSSR count). The summed E-state index contributed by atoms with van der Waals surface area (Å²) in [5.41, 5.74) is -0.110. The lowest BCUT2D eigenvalue weighted by molar-refractivity contribution is 0.0860. The number of nitrogens with one attached hydrogen (secondary N) is 3. The van der Waals surface area contributed by atoms with Crippen LogP contribution < -0.4 is 15.4 Å². The van der Waals surface area contributed by atoms with E-state index in [9.17, 15) is 22.4 Å². The Morgan fingerprint density at radius 2 is 1.79 bits per heavy atom. The van der Waals surface area contributed by atoms with Crippen LogP contribution in [0.15, 0.2) is 84.0 Å². The molecule has 0 aliphatic heterocycles. The SMILES string of the molecule is CCC(CNC(=O)c1ccc(NS(=O)(=O)c2cccc3cccnc23)c(F)c1)OC(=O)Nc1ccccn1. The van der Waals surface area contributed by atoms with Gasteiger partial charge in [-0.25, -0.2) is 22.6 Å². The van der Waals surface area contributed by atoms with Gasteiger partial charge >= 0.3 is 6.09 Å². The topological polar surface area (TPSA) is 139 Å². The molecular weight excluding hydrogens is 513 g/mol. The maximum absolute atomic E-state index is 14.8. The second-order valence-electron chi connectivity index (χ2n) is 8.12. The maximum atomic E-state index is 14.8. The van der Waals surface area contributed by atoms with E-state index in [0.717, 1.165) is 12.1 Å². The number of para-hydroxylation sites is 1. The number of sulfonamides is 1. The van der Waals surface area contributed by atoms with Gasteiger partial charge in [-0.15, -0.1) is 0 Å². The molecule has 0 saturated carbocycles. The Bertz CT molecular complexity index is 1560. The van der Waals surface area contributed by atoms with Crippen LogP contribution in [-0.2, 0) is 14.8 Å². The van der Waals surface area contributed by atoms with Crippen LogP contribution in [0.5, 0.6) is 0 Å². The second-order valence-corrected chi connectivity index (χ2v) is 9.77. The van der Waals surface area contributed by atoms with Crippen LogP contribution in [0.1, 0.15) is 23.7 Å². The zero-order chi connectivity index (χ0) is 27.1. The Morgan fingerprint density at radius 1 is 1.00 bits per heavy atom. The highest BCUT2D eigenvalue weighted by molar-refractivity contribution is 7.93. The number of amides is 2. The molecule has 0 radical (unpaired) electrons. The molecule has 3 N–H and O–H groups in total. The minimum absolute atomic E-state index is 0.0188. The molecule has 2 aromatic heterocycles. The summed E-state index contributed by atoms with van der Waals surface area (Å²) >= 11 is 0. The van der Waals surface area contributed by atoms with Crippen LogP contribution in [0.4, 0.5) is 20.7 Å². The molecule has 38 heavy (non-hydrogen) atoms. The Hall–Kier alpha value is -4.58. The third-order valence-corrected chi connectivity index (χ3v) is 6.87. The largest absolute Gasteiger partial charge is 0.444 e. The fraction of sp³-hybridized carbons (Fsp3) is 0.154. The summed E-state index contributed by atoms with van der Waals surface area (Å²) in [6, 6.07) is 16.4. The minimum Gasteiger partial charge on any atom is -0.444 e. The number of ether oxygens (including phenoxy) is 1. The summed E-state index contributed by atoms with van der Waals surface area (Å²) < 4.78 is 48.2. The van der Waals surface area contributed by atoms with Gasteiger partial charge < -0.3 is 10.1 Å². The molecule has 2 amide bonds. The van der Waals surface area contributed by atoms with Crippen LogP contribution >= 0.6 is 0 Å². The van der Waals surface area contributed by atoms with Crippen molar-refractivity contribution in [2.24, 2.45) is 0 Å². The van der Waals surface area contributed by atoms with Crippen LogP contribution in [0.2, 0.25) is 0 Å². The number of nitrogens with zero attached hydrogens (tertiary/aromatic N) is 2. The van der Waals surface area contributed by atoms with Crippen LogP contribution in [0.3, 0.4) is 0 Å². The summed E-state index contributed by atoms with van der Waals surface area (Å²) in [5, 5.41) is 5.69. The third-order valence-electron chi connectivity index (χ3n) is 5.48. The van der Waals surface area contributed by atoms with E-state index >= 15 is 0 Å². The highest BCUT2D eigenvalue weighted by Crippen LogP contribution is 2.25. The molecule has 10 nitrogen and oxygen atoms in total. The number of fused-ring (bicyclic) bond motifs is 1. The third kappa shape index (κ3) is 6.40. The van der Waals surface area contributed by atoms with E-state index in [-0.39, 0.29) is 28.2 Å². The average molecular weight is 538 g/mol. The molecule has 1 atom stereocenters. The number of anilines is 2. The van der Waals surface area contributed by atoms with E-state index in [1.807, 2.05) is 0 Å². The highest BCUT2D eigenvalue weighted by atomic mass is 32.2. The summed E-state index contributed by atoms with van der Waals surface area (Å²) in [7, 11) is -4.17. The molecule has 0 saturated heterocycles. The van der Waals surface area contributed by atoms with Crippen LogP contribution in [-0.4, -0.2) is 43.0 Å². The van der Waals surface area contributed by atoms with Gasteiger partial charge in [0.1, 0.15) is 22.6 Å². The molecule has 0 spiro atoms. The summed E-state index contributed by atoms with van der Waals surface area (Å²) in [6.07, 6.45) is 2.02. The van der Waals surface area contributed by atoms with Gasteiger partial charge in [-0.1, -0.05) is 31.2 Å². The normalized spacial score (nSPS) is 11.9. The average Bonchev–Trinajstić information content (AvgIpc) is 2.92. The Balaban J connectivity index is 1.38. The number of benzene rings is 2. The Morgan fingerprint density at radius 3 is 2.53 bits per heavy atom. The smallest absolute Gasteiger partial charge is 0.413 e.